The molecule has 0 N–H and O–H groups in total. The lowest BCUT2D eigenvalue weighted by atomic mass is 9.82. The zero-order chi connectivity index (χ0) is 21.2. The summed E-state index contributed by atoms with van der Waals surface area (Å²) in [5, 5.41) is 1.10. The summed E-state index contributed by atoms with van der Waals surface area (Å²) in [6.45, 7) is 3.19. The highest BCUT2D eigenvalue weighted by Gasteiger charge is 2.35. The van der Waals surface area contributed by atoms with Gasteiger partial charge in [0.15, 0.2) is 0 Å². The van der Waals surface area contributed by atoms with Gasteiger partial charge in [-0.25, -0.2) is 4.98 Å². The largest absolute Gasteiger partial charge is 0.497 e. The minimum Gasteiger partial charge on any atom is -0.497 e. The van der Waals surface area contributed by atoms with Crippen molar-refractivity contribution in [1.29, 1.82) is 0 Å². The fraction of sp³-hybridized carbons (Fsp3) is 0.360. The number of ether oxygens (including phenoxy) is 1. The Labute approximate surface area is 187 Å². The first-order chi connectivity index (χ1) is 15.2. The van der Waals surface area contributed by atoms with Gasteiger partial charge in [-0.1, -0.05) is 30.4 Å². The van der Waals surface area contributed by atoms with Gasteiger partial charge in [0.1, 0.15) is 5.75 Å². The van der Waals surface area contributed by atoms with Crippen LogP contribution in [0.15, 0.2) is 60.7 Å². The van der Waals surface area contributed by atoms with Gasteiger partial charge in [0.05, 0.1) is 28.3 Å². The monoisotopic (exact) mass is 433 g/mol. The van der Waals surface area contributed by atoms with Crippen LogP contribution in [0.5, 0.6) is 5.75 Å². The molecule has 6 heteroatoms. The Morgan fingerprint density at radius 3 is 2.65 bits per heavy atom. The van der Waals surface area contributed by atoms with Crippen molar-refractivity contribution in [2.45, 2.75) is 18.8 Å². The standard InChI is InChI=1S/C25H27N3O2S/c1-30-19-8-6-7-18(17-19)27-13-15-28(16-14-27)25(29)21-10-3-2-9-20(21)24-26-22-11-4-5-12-23(22)31-24/h2-8,11-12,17,20-21H,9-10,13-16H2,1H3/t20-,21-/m1/s1. The molecule has 0 spiro atoms. The van der Waals surface area contributed by atoms with Crippen LogP contribution in [0.3, 0.4) is 0 Å². The van der Waals surface area contributed by atoms with Crippen molar-refractivity contribution in [2.24, 2.45) is 5.92 Å². The molecule has 0 radical (unpaired) electrons. The first-order valence-electron chi connectivity index (χ1n) is 10.9. The van der Waals surface area contributed by atoms with Gasteiger partial charge in [-0.05, 0) is 37.1 Å². The van der Waals surface area contributed by atoms with E-state index in [-0.39, 0.29) is 17.7 Å². The molecule has 5 rings (SSSR count). The lowest BCUT2D eigenvalue weighted by Gasteiger charge is -2.39. The Kier molecular flexibility index (Phi) is 5.64. The average Bonchev–Trinajstić information content (AvgIpc) is 3.28. The predicted octanol–water partition coefficient (Wildman–Crippen LogP) is 4.70. The number of fused-ring (bicyclic) bond motifs is 1. The van der Waals surface area contributed by atoms with E-state index in [4.69, 9.17) is 9.72 Å². The summed E-state index contributed by atoms with van der Waals surface area (Å²) in [5.41, 5.74) is 2.19. The smallest absolute Gasteiger partial charge is 0.226 e. The van der Waals surface area contributed by atoms with E-state index in [9.17, 15) is 4.79 Å². The second-order valence-electron chi connectivity index (χ2n) is 8.19. The number of para-hydroxylation sites is 1. The number of hydrogen-bond donors (Lipinski definition) is 0. The van der Waals surface area contributed by atoms with Crippen LogP contribution < -0.4 is 9.64 Å². The number of anilines is 1. The van der Waals surface area contributed by atoms with Crippen LogP contribution in [0, 0.1) is 5.92 Å². The molecule has 3 aromatic rings. The zero-order valence-electron chi connectivity index (χ0n) is 17.7. The maximum Gasteiger partial charge on any atom is 0.226 e. The number of amides is 1. The van der Waals surface area contributed by atoms with Crippen LogP contribution in [-0.4, -0.2) is 49.1 Å². The third kappa shape index (κ3) is 4.04. The van der Waals surface area contributed by atoms with Gasteiger partial charge in [0.25, 0.3) is 0 Å². The van der Waals surface area contributed by atoms with E-state index in [1.54, 1.807) is 18.4 Å². The fourth-order valence-electron chi connectivity index (χ4n) is 4.64. The Balaban J connectivity index is 1.29. The zero-order valence-corrected chi connectivity index (χ0v) is 18.6. The number of thiazole rings is 1. The third-order valence-electron chi connectivity index (χ3n) is 6.39. The number of carbonyl (C=O) groups excluding carboxylic acids is 1. The van der Waals surface area contributed by atoms with Crippen LogP contribution in [0.25, 0.3) is 10.2 Å². The van der Waals surface area contributed by atoms with Gasteiger partial charge in [-0.15, -0.1) is 11.3 Å². The van der Waals surface area contributed by atoms with Crippen LogP contribution in [0.2, 0.25) is 0 Å². The van der Waals surface area contributed by atoms with Crippen molar-refractivity contribution in [1.82, 2.24) is 9.88 Å². The maximum absolute atomic E-state index is 13.5. The number of allylic oxidation sites excluding steroid dienone is 2. The highest BCUT2D eigenvalue weighted by atomic mass is 32.1. The molecule has 1 fully saturated rings. The number of aromatic nitrogens is 1. The van der Waals surface area contributed by atoms with E-state index in [0.717, 1.165) is 61.0 Å². The molecule has 0 bridgehead atoms. The second kappa shape index (κ2) is 8.71. The Hall–Kier alpha value is -2.86. The molecular weight excluding hydrogens is 406 g/mol. The molecule has 0 unspecified atom stereocenters. The fourth-order valence-corrected chi connectivity index (χ4v) is 5.78. The SMILES string of the molecule is COc1cccc(N2CCN(C(=O)[C@@H]3CC=CC[C@H]3c3nc4ccccc4s3)CC2)c1. The van der Waals surface area contributed by atoms with Gasteiger partial charge in [0.2, 0.25) is 5.91 Å². The lowest BCUT2D eigenvalue weighted by molar-refractivity contribution is -0.136. The maximum atomic E-state index is 13.5. The normalized spacial score (nSPS) is 21.5. The molecule has 5 nitrogen and oxygen atoms in total. The summed E-state index contributed by atoms with van der Waals surface area (Å²) in [6.07, 6.45) is 6.07. The van der Waals surface area contributed by atoms with Gasteiger partial charge >= 0.3 is 0 Å². The summed E-state index contributed by atoms with van der Waals surface area (Å²) in [4.78, 5) is 22.8. The molecule has 1 aliphatic carbocycles. The van der Waals surface area contributed by atoms with E-state index < -0.39 is 0 Å². The first-order valence-corrected chi connectivity index (χ1v) is 11.7. The molecule has 1 saturated heterocycles. The lowest BCUT2D eigenvalue weighted by Crippen LogP contribution is -2.51. The number of benzene rings is 2. The summed E-state index contributed by atoms with van der Waals surface area (Å²) in [7, 11) is 1.69. The molecule has 2 atom stereocenters. The van der Waals surface area contributed by atoms with Crippen LogP contribution in [0.4, 0.5) is 5.69 Å². The van der Waals surface area contributed by atoms with E-state index in [1.807, 2.05) is 18.2 Å². The molecule has 1 aromatic heterocycles. The quantitative estimate of drug-likeness (QED) is 0.560. The number of rotatable bonds is 4. The van der Waals surface area contributed by atoms with E-state index in [0.29, 0.717) is 0 Å². The number of piperazine rings is 1. The Morgan fingerprint density at radius 2 is 1.84 bits per heavy atom. The number of methoxy groups -OCH3 is 1. The third-order valence-corrected chi connectivity index (χ3v) is 7.56. The highest BCUT2D eigenvalue weighted by Crippen LogP contribution is 2.39. The highest BCUT2D eigenvalue weighted by molar-refractivity contribution is 7.18. The summed E-state index contributed by atoms with van der Waals surface area (Å²) in [6, 6.07) is 16.4. The molecule has 0 saturated carbocycles. The van der Waals surface area contributed by atoms with Crippen molar-refractivity contribution in [3.8, 4) is 5.75 Å². The molecule has 2 aliphatic rings. The van der Waals surface area contributed by atoms with Crippen molar-refractivity contribution in [3.05, 3.63) is 65.7 Å². The van der Waals surface area contributed by atoms with Crippen molar-refractivity contribution < 1.29 is 9.53 Å². The molecule has 160 valence electrons. The van der Waals surface area contributed by atoms with Crippen molar-refractivity contribution in [2.75, 3.05) is 38.2 Å². The first kappa shape index (κ1) is 20.1. The summed E-state index contributed by atoms with van der Waals surface area (Å²) >= 11 is 1.74. The molecule has 1 aliphatic heterocycles. The van der Waals surface area contributed by atoms with Crippen LogP contribution >= 0.6 is 11.3 Å². The topological polar surface area (TPSA) is 45.7 Å². The molecule has 1 amide bonds. The summed E-state index contributed by atoms with van der Waals surface area (Å²) < 4.78 is 6.56. The van der Waals surface area contributed by atoms with Crippen molar-refractivity contribution in [3.63, 3.8) is 0 Å². The predicted molar refractivity (Wildman–Crippen MR) is 126 cm³/mol. The van der Waals surface area contributed by atoms with Gasteiger partial charge in [-0.3, -0.25) is 4.79 Å². The molecule has 31 heavy (non-hydrogen) atoms. The van der Waals surface area contributed by atoms with Crippen LogP contribution in [-0.2, 0) is 4.79 Å². The second-order valence-corrected chi connectivity index (χ2v) is 9.25. The molecular formula is C25H27N3O2S. The van der Waals surface area contributed by atoms with Gasteiger partial charge < -0.3 is 14.5 Å². The number of hydrogen-bond acceptors (Lipinski definition) is 5. The van der Waals surface area contributed by atoms with Gasteiger partial charge in [0, 0.05) is 43.9 Å². The average molecular weight is 434 g/mol. The Morgan fingerprint density at radius 1 is 1.03 bits per heavy atom. The minimum atomic E-state index is -0.0195. The number of carbonyl (C=O) groups is 1. The number of nitrogens with zero attached hydrogens (tertiary/aromatic N) is 3. The van der Waals surface area contributed by atoms with Crippen LogP contribution in [0.1, 0.15) is 23.8 Å². The van der Waals surface area contributed by atoms with Gasteiger partial charge in [-0.2, -0.15) is 0 Å². The molecule has 2 aromatic carbocycles. The van der Waals surface area contributed by atoms with Crippen molar-refractivity contribution >= 4 is 33.1 Å². The Bertz CT molecular complexity index is 1070. The minimum absolute atomic E-state index is 0.0195. The summed E-state index contributed by atoms with van der Waals surface area (Å²) in [5.74, 6) is 1.29. The van der Waals surface area contributed by atoms with E-state index in [1.165, 1.54) is 4.70 Å². The molecule has 2 heterocycles. The van der Waals surface area contributed by atoms with E-state index >= 15 is 0 Å². The van der Waals surface area contributed by atoms with E-state index in [2.05, 4.69) is 52.3 Å².